The highest BCUT2D eigenvalue weighted by Crippen LogP contribution is 2.51. The molecule has 2 saturated carbocycles. The van der Waals surface area contributed by atoms with E-state index in [1.807, 2.05) is 20.8 Å². The van der Waals surface area contributed by atoms with Crippen molar-refractivity contribution in [3.8, 4) is 0 Å². The third kappa shape index (κ3) is 6.13. The minimum absolute atomic E-state index is 0.0305. The Morgan fingerprint density at radius 1 is 0.750 bits per heavy atom. The molecule has 3 heteroatoms. The summed E-state index contributed by atoms with van der Waals surface area (Å²) in [6, 6.07) is 0. The third-order valence-electron chi connectivity index (χ3n) is 8.17. The quantitative estimate of drug-likeness (QED) is 0.447. The van der Waals surface area contributed by atoms with E-state index in [9.17, 15) is 4.79 Å². The Bertz CT molecular complexity index is 498. The van der Waals surface area contributed by atoms with Gasteiger partial charge in [0.15, 0.2) is 0 Å². The molecule has 0 aromatic carbocycles. The van der Waals surface area contributed by atoms with Crippen molar-refractivity contribution in [2.24, 2.45) is 28.6 Å². The molecule has 28 heavy (non-hydrogen) atoms. The average molecular weight is 395 g/mol. The normalized spacial score (nSPS) is 30.0. The molecule has 2 aliphatic carbocycles. The number of hydrogen-bond acceptors (Lipinski definition) is 3. The van der Waals surface area contributed by atoms with Crippen LogP contribution in [0.5, 0.6) is 0 Å². The highest BCUT2D eigenvalue weighted by atomic mass is 16.7. The van der Waals surface area contributed by atoms with Crippen LogP contribution in [0.3, 0.4) is 0 Å². The van der Waals surface area contributed by atoms with Gasteiger partial charge in [0.25, 0.3) is 0 Å². The fourth-order valence-electron chi connectivity index (χ4n) is 5.58. The van der Waals surface area contributed by atoms with Gasteiger partial charge in [0.05, 0.1) is 0 Å². The lowest BCUT2D eigenvalue weighted by molar-refractivity contribution is -0.0470. The minimum Gasteiger partial charge on any atom is -0.431 e. The van der Waals surface area contributed by atoms with E-state index in [1.54, 1.807) is 0 Å². The number of rotatable bonds is 5. The molecule has 0 saturated heterocycles. The largest absolute Gasteiger partial charge is 0.509 e. The highest BCUT2D eigenvalue weighted by Gasteiger charge is 2.42. The first-order valence-electron chi connectivity index (χ1n) is 11.7. The maximum Gasteiger partial charge on any atom is 0.509 e. The molecule has 0 amide bonds. The SMILES string of the molecule is CCC(C)(C)C1CCC(C(C)(C)C2CCC(OC(=O)OC(C)(C)C)CC2)CC1. The van der Waals surface area contributed by atoms with Gasteiger partial charge in [-0.25, -0.2) is 4.79 Å². The Morgan fingerprint density at radius 3 is 1.61 bits per heavy atom. The summed E-state index contributed by atoms with van der Waals surface area (Å²) in [6.07, 6.45) is 10.7. The summed E-state index contributed by atoms with van der Waals surface area (Å²) in [4.78, 5) is 11.9. The topological polar surface area (TPSA) is 35.5 Å². The lowest BCUT2D eigenvalue weighted by Gasteiger charge is -2.48. The zero-order chi connectivity index (χ0) is 21.2. The molecule has 0 heterocycles. The van der Waals surface area contributed by atoms with Crippen LogP contribution >= 0.6 is 0 Å². The Hall–Kier alpha value is -0.730. The van der Waals surface area contributed by atoms with Crippen molar-refractivity contribution in [2.45, 2.75) is 125 Å². The molecule has 0 aromatic heterocycles. The molecule has 0 unspecified atom stereocenters. The Labute approximate surface area is 174 Å². The van der Waals surface area contributed by atoms with Gasteiger partial charge >= 0.3 is 6.16 Å². The zero-order valence-electron chi connectivity index (χ0n) is 19.9. The Morgan fingerprint density at radius 2 is 1.18 bits per heavy atom. The fourth-order valence-corrected chi connectivity index (χ4v) is 5.58. The van der Waals surface area contributed by atoms with Crippen LogP contribution in [0.15, 0.2) is 0 Å². The number of carbonyl (C=O) groups is 1. The third-order valence-corrected chi connectivity index (χ3v) is 8.17. The first-order valence-corrected chi connectivity index (χ1v) is 11.7. The second-order valence-corrected chi connectivity index (χ2v) is 11.8. The summed E-state index contributed by atoms with van der Waals surface area (Å²) < 4.78 is 10.9. The predicted octanol–water partition coefficient (Wildman–Crippen LogP) is 7.77. The summed E-state index contributed by atoms with van der Waals surface area (Å²) in [7, 11) is 0. The second-order valence-electron chi connectivity index (χ2n) is 11.8. The molecular formula is C25H46O3. The Kier molecular flexibility index (Phi) is 7.54. The number of hydrogen-bond donors (Lipinski definition) is 0. The molecule has 2 aliphatic rings. The molecule has 2 rings (SSSR count). The van der Waals surface area contributed by atoms with Crippen molar-refractivity contribution in [3.63, 3.8) is 0 Å². The predicted molar refractivity (Wildman–Crippen MR) is 116 cm³/mol. The molecule has 0 N–H and O–H groups in total. The van der Waals surface area contributed by atoms with Gasteiger partial charge in [0, 0.05) is 0 Å². The Balaban J connectivity index is 1.82. The molecule has 0 spiro atoms. The first-order chi connectivity index (χ1) is 12.8. The second kappa shape index (κ2) is 8.96. The summed E-state index contributed by atoms with van der Waals surface area (Å²) in [5, 5.41) is 0. The van der Waals surface area contributed by atoms with Gasteiger partial charge in [-0.1, -0.05) is 41.0 Å². The lowest BCUT2D eigenvalue weighted by atomic mass is 9.57. The lowest BCUT2D eigenvalue weighted by Crippen LogP contribution is -2.40. The summed E-state index contributed by atoms with van der Waals surface area (Å²) in [5.74, 6) is 2.47. The maximum absolute atomic E-state index is 11.9. The van der Waals surface area contributed by atoms with E-state index in [1.165, 1.54) is 44.9 Å². The van der Waals surface area contributed by atoms with Crippen LogP contribution in [0, 0.1) is 28.6 Å². The summed E-state index contributed by atoms with van der Waals surface area (Å²) >= 11 is 0. The van der Waals surface area contributed by atoms with Crippen LogP contribution in [-0.4, -0.2) is 17.9 Å². The van der Waals surface area contributed by atoms with Crippen molar-refractivity contribution >= 4 is 6.16 Å². The molecule has 0 atom stereocenters. The van der Waals surface area contributed by atoms with Gasteiger partial charge in [-0.15, -0.1) is 0 Å². The molecule has 0 aromatic rings. The van der Waals surface area contributed by atoms with Crippen LogP contribution in [0.2, 0.25) is 0 Å². The van der Waals surface area contributed by atoms with Crippen molar-refractivity contribution in [1.29, 1.82) is 0 Å². The molecule has 0 bridgehead atoms. The zero-order valence-corrected chi connectivity index (χ0v) is 19.9. The molecular weight excluding hydrogens is 348 g/mol. The van der Waals surface area contributed by atoms with E-state index in [4.69, 9.17) is 9.47 Å². The molecule has 164 valence electrons. The van der Waals surface area contributed by atoms with Gasteiger partial charge in [-0.05, 0) is 101 Å². The summed E-state index contributed by atoms with van der Waals surface area (Å²) in [6.45, 7) is 17.9. The molecule has 0 radical (unpaired) electrons. The van der Waals surface area contributed by atoms with Crippen molar-refractivity contribution in [1.82, 2.24) is 0 Å². The van der Waals surface area contributed by atoms with E-state index >= 15 is 0 Å². The van der Waals surface area contributed by atoms with Crippen LogP contribution in [0.25, 0.3) is 0 Å². The van der Waals surface area contributed by atoms with Crippen LogP contribution in [-0.2, 0) is 9.47 Å². The van der Waals surface area contributed by atoms with E-state index in [2.05, 4.69) is 34.6 Å². The van der Waals surface area contributed by atoms with E-state index in [-0.39, 0.29) is 6.10 Å². The fraction of sp³-hybridized carbons (Fsp3) is 0.960. The minimum atomic E-state index is -0.507. The maximum atomic E-state index is 11.9. The number of carbonyl (C=O) groups excluding carboxylic acids is 1. The average Bonchev–Trinajstić information content (AvgIpc) is 2.60. The van der Waals surface area contributed by atoms with Gasteiger partial charge in [-0.3, -0.25) is 0 Å². The summed E-state index contributed by atoms with van der Waals surface area (Å²) in [5.41, 5.74) is 0.395. The molecule has 0 aliphatic heterocycles. The van der Waals surface area contributed by atoms with Crippen LogP contribution < -0.4 is 0 Å². The molecule has 3 nitrogen and oxygen atoms in total. The van der Waals surface area contributed by atoms with E-state index < -0.39 is 11.8 Å². The monoisotopic (exact) mass is 394 g/mol. The van der Waals surface area contributed by atoms with E-state index in [0.29, 0.717) is 10.8 Å². The van der Waals surface area contributed by atoms with Gasteiger partial charge in [0.1, 0.15) is 11.7 Å². The number of ether oxygens (including phenoxy) is 2. The highest BCUT2D eigenvalue weighted by molar-refractivity contribution is 5.60. The standard InChI is InChI=1S/C25H46O3/c1-9-24(5,6)18-10-12-19(13-11-18)25(7,8)20-14-16-21(17-15-20)27-22(26)28-23(2,3)4/h18-21H,9-17H2,1-8H3. The van der Waals surface area contributed by atoms with Gasteiger partial charge in [0.2, 0.25) is 0 Å². The van der Waals surface area contributed by atoms with Crippen molar-refractivity contribution in [3.05, 3.63) is 0 Å². The van der Waals surface area contributed by atoms with Gasteiger partial charge in [-0.2, -0.15) is 0 Å². The van der Waals surface area contributed by atoms with Crippen LogP contribution in [0.1, 0.15) is 113 Å². The smallest absolute Gasteiger partial charge is 0.431 e. The van der Waals surface area contributed by atoms with E-state index in [0.717, 1.165) is 30.6 Å². The molecule has 2 fully saturated rings. The van der Waals surface area contributed by atoms with Crippen LogP contribution in [0.4, 0.5) is 4.79 Å². The first kappa shape index (κ1) is 23.5. The van der Waals surface area contributed by atoms with Gasteiger partial charge < -0.3 is 9.47 Å². The van der Waals surface area contributed by atoms with Crippen molar-refractivity contribution < 1.29 is 14.3 Å². The van der Waals surface area contributed by atoms with Crippen molar-refractivity contribution in [2.75, 3.05) is 0 Å².